The summed E-state index contributed by atoms with van der Waals surface area (Å²) in [6.07, 6.45) is 3.58. The van der Waals surface area contributed by atoms with E-state index in [1.807, 2.05) is 0 Å². The summed E-state index contributed by atoms with van der Waals surface area (Å²) in [6.45, 7) is 7.26. The van der Waals surface area contributed by atoms with Crippen molar-refractivity contribution in [3.8, 4) is 5.75 Å². The molecule has 1 aliphatic heterocycles. The molecule has 1 aliphatic rings. The molecule has 0 bridgehead atoms. The molecule has 4 nitrogen and oxygen atoms in total. The van der Waals surface area contributed by atoms with Gasteiger partial charge in [0.15, 0.2) is 0 Å². The lowest BCUT2D eigenvalue weighted by atomic mass is 9.98. The van der Waals surface area contributed by atoms with Gasteiger partial charge in [0.1, 0.15) is 5.75 Å². The number of ether oxygens (including phenoxy) is 2. The third-order valence-electron chi connectivity index (χ3n) is 4.40. The monoisotopic (exact) mass is 306 g/mol. The summed E-state index contributed by atoms with van der Waals surface area (Å²) in [7, 11) is 3.51. The quantitative estimate of drug-likeness (QED) is 0.749. The van der Waals surface area contributed by atoms with Crippen molar-refractivity contribution in [1.82, 2.24) is 5.32 Å². The second-order valence-corrected chi connectivity index (χ2v) is 6.20. The minimum Gasteiger partial charge on any atom is -0.495 e. The van der Waals surface area contributed by atoms with Crippen LogP contribution < -0.4 is 15.0 Å². The van der Waals surface area contributed by atoms with E-state index in [0.717, 1.165) is 50.9 Å². The highest BCUT2D eigenvalue weighted by Gasteiger charge is 2.18. The second kappa shape index (κ2) is 9.01. The van der Waals surface area contributed by atoms with Crippen molar-refractivity contribution < 1.29 is 9.47 Å². The molecule has 22 heavy (non-hydrogen) atoms. The maximum Gasteiger partial charge on any atom is 0.142 e. The fourth-order valence-corrected chi connectivity index (χ4v) is 2.92. The van der Waals surface area contributed by atoms with Crippen LogP contribution in [0.4, 0.5) is 5.69 Å². The van der Waals surface area contributed by atoms with Gasteiger partial charge in [-0.1, -0.05) is 13.0 Å². The zero-order chi connectivity index (χ0) is 15.8. The van der Waals surface area contributed by atoms with Gasteiger partial charge in [-0.2, -0.15) is 0 Å². The van der Waals surface area contributed by atoms with Gasteiger partial charge in [-0.15, -0.1) is 0 Å². The molecule has 4 heteroatoms. The number of rotatable bonds is 8. The normalized spacial score (nSPS) is 16.0. The van der Waals surface area contributed by atoms with E-state index in [1.165, 1.54) is 24.1 Å². The predicted octanol–water partition coefficient (Wildman–Crippen LogP) is 3.06. The highest BCUT2D eigenvalue weighted by atomic mass is 16.5. The van der Waals surface area contributed by atoms with Crippen molar-refractivity contribution in [3.05, 3.63) is 23.8 Å². The van der Waals surface area contributed by atoms with Crippen LogP contribution in [0.2, 0.25) is 0 Å². The molecule has 1 aromatic carbocycles. The summed E-state index contributed by atoms with van der Waals surface area (Å²) in [5.74, 6) is 1.84. The predicted molar refractivity (Wildman–Crippen MR) is 91.8 cm³/mol. The highest BCUT2D eigenvalue weighted by Crippen LogP contribution is 2.32. The standard InChI is InChI=1S/C18H30N2O2/c1-15-7-10-20(11-8-15)17-6-5-16(13-18(17)22-3)14-19-9-4-12-21-2/h5-6,13,15,19H,4,7-12,14H2,1-3H3. The molecule has 0 spiro atoms. The summed E-state index contributed by atoms with van der Waals surface area (Å²) in [6, 6.07) is 6.58. The summed E-state index contributed by atoms with van der Waals surface area (Å²) in [4.78, 5) is 2.45. The topological polar surface area (TPSA) is 33.7 Å². The third kappa shape index (κ3) is 4.89. The van der Waals surface area contributed by atoms with Gasteiger partial charge >= 0.3 is 0 Å². The van der Waals surface area contributed by atoms with E-state index in [2.05, 4.69) is 35.3 Å². The van der Waals surface area contributed by atoms with E-state index >= 15 is 0 Å². The lowest BCUT2D eigenvalue weighted by Gasteiger charge is -2.33. The molecule has 0 unspecified atom stereocenters. The average Bonchev–Trinajstić information content (AvgIpc) is 2.55. The van der Waals surface area contributed by atoms with Crippen molar-refractivity contribution in [2.75, 3.05) is 45.4 Å². The Bertz CT molecular complexity index is 443. The van der Waals surface area contributed by atoms with Crippen LogP contribution in [0.25, 0.3) is 0 Å². The molecule has 1 fully saturated rings. The van der Waals surface area contributed by atoms with Crippen molar-refractivity contribution in [3.63, 3.8) is 0 Å². The molecule has 124 valence electrons. The molecule has 0 radical (unpaired) electrons. The largest absolute Gasteiger partial charge is 0.495 e. The number of hydrogen-bond acceptors (Lipinski definition) is 4. The fourth-order valence-electron chi connectivity index (χ4n) is 2.92. The number of anilines is 1. The van der Waals surface area contributed by atoms with Gasteiger partial charge in [-0.3, -0.25) is 0 Å². The molecule has 0 amide bonds. The van der Waals surface area contributed by atoms with Gasteiger partial charge in [0.2, 0.25) is 0 Å². The molecule has 0 aromatic heterocycles. The van der Waals surface area contributed by atoms with Crippen LogP contribution in [0.5, 0.6) is 5.75 Å². The van der Waals surface area contributed by atoms with Crippen molar-refractivity contribution in [1.29, 1.82) is 0 Å². The Kier molecular flexibility index (Phi) is 7.00. The van der Waals surface area contributed by atoms with Crippen LogP contribution in [0.1, 0.15) is 31.7 Å². The van der Waals surface area contributed by atoms with Crippen LogP contribution in [0.3, 0.4) is 0 Å². The van der Waals surface area contributed by atoms with E-state index in [1.54, 1.807) is 14.2 Å². The number of nitrogens with one attached hydrogen (secondary N) is 1. The van der Waals surface area contributed by atoms with Crippen molar-refractivity contribution in [2.24, 2.45) is 5.92 Å². The van der Waals surface area contributed by atoms with Crippen molar-refractivity contribution in [2.45, 2.75) is 32.7 Å². The molecule has 1 N–H and O–H groups in total. The second-order valence-electron chi connectivity index (χ2n) is 6.20. The van der Waals surface area contributed by atoms with E-state index in [9.17, 15) is 0 Å². The summed E-state index contributed by atoms with van der Waals surface area (Å²) >= 11 is 0. The first-order chi connectivity index (χ1) is 10.7. The van der Waals surface area contributed by atoms with E-state index in [4.69, 9.17) is 9.47 Å². The summed E-state index contributed by atoms with van der Waals surface area (Å²) in [5, 5.41) is 3.44. The molecule has 1 saturated heterocycles. The van der Waals surface area contributed by atoms with Gasteiger partial charge in [-0.05, 0) is 49.4 Å². The first kappa shape index (κ1) is 17.1. The molecule has 0 aliphatic carbocycles. The Labute approximate surface area is 134 Å². The lowest BCUT2D eigenvalue weighted by molar-refractivity contribution is 0.194. The number of piperidine rings is 1. The molecular weight excluding hydrogens is 276 g/mol. The molecule has 2 rings (SSSR count). The van der Waals surface area contributed by atoms with Gasteiger partial charge in [0, 0.05) is 33.4 Å². The van der Waals surface area contributed by atoms with Crippen LogP contribution >= 0.6 is 0 Å². The highest BCUT2D eigenvalue weighted by molar-refractivity contribution is 5.60. The van der Waals surface area contributed by atoms with Crippen LogP contribution in [-0.2, 0) is 11.3 Å². The SMILES string of the molecule is COCCCNCc1ccc(N2CCC(C)CC2)c(OC)c1. The number of hydrogen-bond donors (Lipinski definition) is 1. The first-order valence-corrected chi connectivity index (χ1v) is 8.36. The van der Waals surface area contributed by atoms with E-state index in [-0.39, 0.29) is 0 Å². The number of nitrogens with zero attached hydrogens (tertiary/aromatic N) is 1. The Morgan fingerprint density at radius 1 is 1.23 bits per heavy atom. The zero-order valence-corrected chi connectivity index (χ0v) is 14.2. The summed E-state index contributed by atoms with van der Waals surface area (Å²) in [5.41, 5.74) is 2.50. The number of benzene rings is 1. The average molecular weight is 306 g/mol. The zero-order valence-electron chi connectivity index (χ0n) is 14.2. The van der Waals surface area contributed by atoms with Crippen molar-refractivity contribution >= 4 is 5.69 Å². The maximum atomic E-state index is 5.62. The van der Waals surface area contributed by atoms with Crippen LogP contribution in [0, 0.1) is 5.92 Å². The summed E-state index contributed by atoms with van der Waals surface area (Å²) < 4.78 is 10.7. The van der Waals surface area contributed by atoms with Crippen LogP contribution in [0.15, 0.2) is 18.2 Å². The van der Waals surface area contributed by atoms with Gasteiger partial charge < -0.3 is 19.7 Å². The lowest BCUT2D eigenvalue weighted by Crippen LogP contribution is -2.33. The van der Waals surface area contributed by atoms with Crippen LogP contribution in [-0.4, -0.2) is 40.5 Å². The smallest absolute Gasteiger partial charge is 0.142 e. The minimum absolute atomic E-state index is 0.808. The molecule has 1 aromatic rings. The van der Waals surface area contributed by atoms with E-state index < -0.39 is 0 Å². The molecule has 0 atom stereocenters. The first-order valence-electron chi connectivity index (χ1n) is 8.36. The maximum absolute atomic E-state index is 5.62. The molecule has 1 heterocycles. The Morgan fingerprint density at radius 3 is 2.68 bits per heavy atom. The molecule has 0 saturated carbocycles. The molecular formula is C18H30N2O2. The third-order valence-corrected chi connectivity index (χ3v) is 4.40. The Balaban J connectivity index is 1.92. The Morgan fingerprint density at radius 2 is 2.00 bits per heavy atom. The minimum atomic E-state index is 0.808. The van der Waals surface area contributed by atoms with Gasteiger partial charge in [-0.25, -0.2) is 0 Å². The van der Waals surface area contributed by atoms with Gasteiger partial charge in [0.25, 0.3) is 0 Å². The number of methoxy groups -OCH3 is 2. The van der Waals surface area contributed by atoms with Gasteiger partial charge in [0.05, 0.1) is 12.8 Å². The fraction of sp³-hybridized carbons (Fsp3) is 0.667. The van der Waals surface area contributed by atoms with E-state index in [0.29, 0.717) is 0 Å². The Hall–Kier alpha value is -1.26.